The fourth-order valence-corrected chi connectivity index (χ4v) is 12.8. The molecule has 2 fully saturated rings. The Kier molecular flexibility index (Phi) is 5.70. The molecule has 4 aliphatic carbocycles. The minimum absolute atomic E-state index is 0.0377. The molecule has 0 unspecified atom stereocenters. The second-order valence-corrected chi connectivity index (χ2v) is 15.4. The van der Waals surface area contributed by atoms with Crippen LogP contribution in [0.1, 0.15) is 24.8 Å². The first kappa shape index (κ1) is 25.4. The topological polar surface area (TPSA) is 111 Å². The minimum Gasteiger partial charge on any atom is -0.258 e. The third-order valence-corrected chi connectivity index (χ3v) is 13.9. The molecule has 2 saturated carbocycles. The van der Waals surface area contributed by atoms with Crippen molar-refractivity contribution in [1.29, 1.82) is 0 Å². The number of nitro groups is 1. The van der Waals surface area contributed by atoms with Crippen molar-refractivity contribution in [3.05, 3.63) is 117 Å². The van der Waals surface area contributed by atoms with Crippen LogP contribution < -0.4 is 0 Å². The number of non-ortho nitro benzene ring substituents is 1. The Morgan fingerprint density at radius 1 is 0.675 bits per heavy atom. The lowest BCUT2D eigenvalue weighted by atomic mass is 9.82. The highest BCUT2D eigenvalue weighted by molar-refractivity contribution is 7.96. The lowest BCUT2D eigenvalue weighted by molar-refractivity contribution is -0.384. The normalized spacial score (nSPS) is 28.6. The zero-order valence-electron chi connectivity index (χ0n) is 21.5. The second kappa shape index (κ2) is 8.97. The fourth-order valence-electron chi connectivity index (χ4n) is 7.86. The van der Waals surface area contributed by atoms with E-state index in [0.29, 0.717) is 5.56 Å². The summed E-state index contributed by atoms with van der Waals surface area (Å²) in [7, 11) is -8.10. The number of allylic oxidation sites excluding steroid dienone is 3. The van der Waals surface area contributed by atoms with E-state index in [2.05, 4.69) is 0 Å². The fraction of sp³-hybridized carbons (Fsp3) is 0.290. The molecule has 0 spiro atoms. The molecule has 0 aliphatic heterocycles. The van der Waals surface area contributed by atoms with E-state index >= 15 is 0 Å². The zero-order valence-corrected chi connectivity index (χ0v) is 23.1. The predicted molar refractivity (Wildman–Crippen MR) is 151 cm³/mol. The van der Waals surface area contributed by atoms with E-state index in [1.54, 1.807) is 72.8 Å². The molecule has 40 heavy (non-hydrogen) atoms. The van der Waals surface area contributed by atoms with Crippen LogP contribution in [-0.2, 0) is 19.7 Å². The number of sulfone groups is 2. The van der Waals surface area contributed by atoms with Gasteiger partial charge in [0.15, 0.2) is 19.7 Å². The first-order valence-corrected chi connectivity index (χ1v) is 16.6. The Balaban J connectivity index is 1.47. The summed E-state index contributed by atoms with van der Waals surface area (Å²) >= 11 is 0. The molecule has 4 aliphatic rings. The van der Waals surface area contributed by atoms with Crippen molar-refractivity contribution >= 4 is 31.4 Å². The number of nitrogens with zero attached hydrogens (tertiary/aromatic N) is 1. The molecule has 0 radical (unpaired) electrons. The molecular formula is C31H27NO6S2. The van der Waals surface area contributed by atoms with E-state index < -0.39 is 46.9 Å². The van der Waals surface area contributed by atoms with E-state index in [4.69, 9.17) is 0 Å². The van der Waals surface area contributed by atoms with Crippen LogP contribution in [0, 0.1) is 33.8 Å². The molecule has 0 saturated heterocycles. The van der Waals surface area contributed by atoms with Crippen LogP contribution in [0.2, 0.25) is 0 Å². The number of hydrogen-bond donors (Lipinski definition) is 0. The first-order chi connectivity index (χ1) is 19.2. The molecule has 9 heteroatoms. The van der Waals surface area contributed by atoms with E-state index in [1.807, 2.05) is 6.08 Å². The van der Waals surface area contributed by atoms with Crippen molar-refractivity contribution in [2.24, 2.45) is 23.7 Å². The van der Waals surface area contributed by atoms with Crippen LogP contribution in [0.3, 0.4) is 0 Å². The van der Waals surface area contributed by atoms with Crippen LogP contribution >= 0.6 is 0 Å². The average Bonchev–Trinajstić information content (AvgIpc) is 3.73. The minimum atomic E-state index is -4.05. The number of nitro benzene ring substituents is 1. The molecule has 204 valence electrons. The van der Waals surface area contributed by atoms with Gasteiger partial charge in [-0.3, -0.25) is 10.1 Å². The molecular weight excluding hydrogens is 546 g/mol. The summed E-state index contributed by atoms with van der Waals surface area (Å²) in [6.45, 7) is 0. The van der Waals surface area contributed by atoms with Gasteiger partial charge in [-0.2, -0.15) is 0 Å². The highest BCUT2D eigenvalue weighted by atomic mass is 32.2. The number of hydrogen-bond acceptors (Lipinski definition) is 6. The van der Waals surface area contributed by atoms with Gasteiger partial charge in [0.1, 0.15) is 0 Å². The van der Waals surface area contributed by atoms with Crippen molar-refractivity contribution in [2.75, 3.05) is 0 Å². The highest BCUT2D eigenvalue weighted by Gasteiger charge is 2.67. The summed E-state index contributed by atoms with van der Waals surface area (Å²) < 4.78 is 57.7. The van der Waals surface area contributed by atoms with Gasteiger partial charge in [0, 0.05) is 24.0 Å². The van der Waals surface area contributed by atoms with E-state index in [1.165, 1.54) is 12.1 Å². The largest absolute Gasteiger partial charge is 0.269 e. The molecule has 0 aromatic heterocycles. The van der Waals surface area contributed by atoms with Crippen LogP contribution in [-0.4, -0.2) is 32.3 Å². The van der Waals surface area contributed by atoms with Gasteiger partial charge in [-0.1, -0.05) is 59.2 Å². The van der Waals surface area contributed by atoms with Gasteiger partial charge in [0.25, 0.3) is 5.69 Å². The molecule has 0 amide bonds. The first-order valence-electron chi connectivity index (χ1n) is 13.5. The second-order valence-electron chi connectivity index (χ2n) is 11.2. The van der Waals surface area contributed by atoms with Crippen molar-refractivity contribution in [3.63, 3.8) is 0 Å². The Bertz CT molecular complexity index is 1690. The predicted octanol–water partition coefficient (Wildman–Crippen LogP) is 5.65. The van der Waals surface area contributed by atoms with Gasteiger partial charge in [0.05, 0.1) is 25.2 Å². The van der Waals surface area contributed by atoms with Crippen LogP contribution in [0.5, 0.6) is 0 Å². The Hall–Kier alpha value is -3.56. The van der Waals surface area contributed by atoms with E-state index in [9.17, 15) is 26.9 Å². The van der Waals surface area contributed by atoms with E-state index in [-0.39, 0.29) is 27.3 Å². The maximum absolute atomic E-state index is 14.4. The number of fused-ring (bicyclic) bond motifs is 8. The number of benzene rings is 3. The summed E-state index contributed by atoms with van der Waals surface area (Å²) in [5, 5.41) is 8.89. The molecule has 3 aromatic carbocycles. The highest BCUT2D eigenvalue weighted by Crippen LogP contribution is 2.68. The number of rotatable bonds is 6. The maximum atomic E-state index is 14.4. The summed E-state index contributed by atoms with van der Waals surface area (Å²) in [6, 6.07) is 22.5. The van der Waals surface area contributed by atoms with Gasteiger partial charge in [-0.15, -0.1) is 0 Å². The Labute approximate surface area is 233 Å². The molecule has 4 bridgehead atoms. The van der Waals surface area contributed by atoms with Crippen LogP contribution in [0.15, 0.2) is 111 Å². The molecule has 0 N–H and O–H groups in total. The third-order valence-electron chi connectivity index (χ3n) is 9.31. The van der Waals surface area contributed by atoms with Gasteiger partial charge in [-0.05, 0) is 73.1 Å². The smallest absolute Gasteiger partial charge is 0.258 e. The standard InChI is InChI=1S/C31H27NO6S2/c33-32(34)22-15-11-19(12-16-22)17-25-28-26-20-13-14-21(18-20)27(26)29(25)31(40(37,38)24-9-5-2-6-10-24)30(28)39(35,36)23-7-3-1-4-8-23/h1-12,15-17,20-21,28-31H,13-14,18H2/t20-,21-,28-,29-,30+,31+/m0/s1. The Morgan fingerprint density at radius 3 is 1.55 bits per heavy atom. The third kappa shape index (κ3) is 3.60. The molecule has 3 aromatic rings. The summed E-state index contributed by atoms with van der Waals surface area (Å²) in [5.41, 5.74) is 3.74. The van der Waals surface area contributed by atoms with Crippen LogP contribution in [0.4, 0.5) is 5.69 Å². The average molecular weight is 574 g/mol. The maximum Gasteiger partial charge on any atom is 0.269 e. The molecule has 7 rings (SSSR count). The monoisotopic (exact) mass is 573 g/mol. The summed E-state index contributed by atoms with van der Waals surface area (Å²) in [5.74, 6) is -0.549. The lowest BCUT2D eigenvalue weighted by Crippen LogP contribution is -2.45. The molecule has 6 atom stereocenters. The van der Waals surface area contributed by atoms with Crippen LogP contribution in [0.25, 0.3) is 6.08 Å². The Morgan fingerprint density at radius 2 is 1.12 bits per heavy atom. The SMILES string of the molecule is O=[N+]([O-])c1ccc(C=C2[C@H]3C4=C([C@H]5CC[C@H]4C5)[C@H]2[C@@H](S(=O)(=O)c2ccccc2)[C@@H]3S(=O)(=O)c2ccccc2)cc1. The van der Waals surface area contributed by atoms with Crippen molar-refractivity contribution in [1.82, 2.24) is 0 Å². The van der Waals surface area contributed by atoms with Crippen molar-refractivity contribution < 1.29 is 21.8 Å². The zero-order chi connectivity index (χ0) is 27.8. The molecule has 7 nitrogen and oxygen atoms in total. The quantitative estimate of drug-likeness (QED) is 0.163. The van der Waals surface area contributed by atoms with Gasteiger partial charge in [0.2, 0.25) is 0 Å². The van der Waals surface area contributed by atoms with Crippen molar-refractivity contribution in [2.45, 2.75) is 39.6 Å². The lowest BCUT2D eigenvalue weighted by Gasteiger charge is -2.35. The van der Waals surface area contributed by atoms with Gasteiger partial charge >= 0.3 is 0 Å². The summed E-state index contributed by atoms with van der Waals surface area (Å²) in [4.78, 5) is 11.0. The molecule has 0 heterocycles. The van der Waals surface area contributed by atoms with Gasteiger partial charge < -0.3 is 0 Å². The van der Waals surface area contributed by atoms with Gasteiger partial charge in [-0.25, -0.2) is 16.8 Å². The van der Waals surface area contributed by atoms with E-state index in [0.717, 1.165) is 36.0 Å². The van der Waals surface area contributed by atoms with Crippen molar-refractivity contribution in [3.8, 4) is 0 Å². The summed E-state index contributed by atoms with van der Waals surface area (Å²) in [6.07, 6.45) is 4.83.